The Hall–Kier alpha value is -1.43. The third-order valence-corrected chi connectivity index (χ3v) is 5.29. The highest BCUT2D eigenvalue weighted by Crippen LogP contribution is 2.20. The molecule has 0 spiro atoms. The van der Waals surface area contributed by atoms with E-state index in [4.69, 9.17) is 16.3 Å². The maximum absolute atomic E-state index is 13.7. The molecular weight excluding hydrogens is 544 g/mol. The molecule has 10 heteroatoms. The van der Waals surface area contributed by atoms with Gasteiger partial charge in [-0.15, -0.1) is 24.0 Å². The first-order valence-electron chi connectivity index (χ1n) is 8.89. The molecular formula is C20H26ClFIN3O3S. The summed E-state index contributed by atoms with van der Waals surface area (Å²) in [5.41, 5.74) is 2.02. The lowest BCUT2D eigenvalue weighted by atomic mass is 10.1. The minimum absolute atomic E-state index is 0. The monoisotopic (exact) mass is 569 g/mol. The van der Waals surface area contributed by atoms with Crippen molar-refractivity contribution in [2.45, 2.75) is 18.4 Å². The Labute approximate surface area is 199 Å². The van der Waals surface area contributed by atoms with Gasteiger partial charge in [-0.3, -0.25) is 4.99 Å². The molecule has 0 aliphatic rings. The van der Waals surface area contributed by atoms with Crippen molar-refractivity contribution in [2.24, 2.45) is 4.99 Å². The van der Waals surface area contributed by atoms with Gasteiger partial charge in [-0.2, -0.15) is 0 Å². The van der Waals surface area contributed by atoms with Gasteiger partial charge in [0.05, 0.1) is 11.9 Å². The van der Waals surface area contributed by atoms with E-state index in [2.05, 4.69) is 15.6 Å². The predicted molar refractivity (Wildman–Crippen MR) is 130 cm³/mol. The van der Waals surface area contributed by atoms with Crippen LogP contribution in [0, 0.1) is 5.82 Å². The molecule has 0 heterocycles. The number of rotatable bonds is 8. The van der Waals surface area contributed by atoms with Crippen LogP contribution in [0.3, 0.4) is 0 Å². The number of aliphatic imine (C=N–C) groups is 1. The van der Waals surface area contributed by atoms with Crippen LogP contribution in [0.15, 0.2) is 47.5 Å². The van der Waals surface area contributed by atoms with Crippen molar-refractivity contribution in [1.82, 2.24) is 10.6 Å². The number of nitrogens with one attached hydrogen (secondary N) is 2. The van der Waals surface area contributed by atoms with Crippen LogP contribution < -0.4 is 10.6 Å². The number of benzene rings is 2. The lowest BCUT2D eigenvalue weighted by Gasteiger charge is -2.19. The second-order valence-corrected chi connectivity index (χ2v) is 9.15. The van der Waals surface area contributed by atoms with Gasteiger partial charge in [-0.05, 0) is 41.0 Å². The minimum Gasteiger partial charge on any atom is -0.375 e. The predicted octanol–water partition coefficient (Wildman–Crippen LogP) is 3.69. The third-order valence-electron chi connectivity index (χ3n) is 4.22. The van der Waals surface area contributed by atoms with Gasteiger partial charge in [0, 0.05) is 38.5 Å². The number of sulfone groups is 1. The van der Waals surface area contributed by atoms with Crippen LogP contribution in [0.5, 0.6) is 0 Å². The van der Waals surface area contributed by atoms with Crippen LogP contribution in [0.25, 0.3) is 0 Å². The molecule has 0 aliphatic heterocycles. The smallest absolute Gasteiger partial charge is 0.191 e. The SMILES string of the molecule is CN=C(NCc1cc(F)ccc1CS(C)(=O)=O)NCC(OC)c1cccc(Cl)c1.I. The van der Waals surface area contributed by atoms with Crippen molar-refractivity contribution in [1.29, 1.82) is 0 Å². The zero-order valence-electron chi connectivity index (χ0n) is 17.0. The van der Waals surface area contributed by atoms with Crippen molar-refractivity contribution < 1.29 is 17.5 Å². The molecule has 2 rings (SSSR count). The lowest BCUT2D eigenvalue weighted by molar-refractivity contribution is 0.106. The molecule has 0 fully saturated rings. The number of hydrogen-bond acceptors (Lipinski definition) is 4. The highest BCUT2D eigenvalue weighted by atomic mass is 127. The molecule has 1 unspecified atom stereocenters. The summed E-state index contributed by atoms with van der Waals surface area (Å²) in [7, 11) is -0.0236. The van der Waals surface area contributed by atoms with E-state index in [1.165, 1.54) is 18.2 Å². The fraction of sp³-hybridized carbons (Fsp3) is 0.350. The second-order valence-electron chi connectivity index (χ2n) is 6.57. The average molecular weight is 570 g/mol. The molecule has 166 valence electrons. The molecule has 0 aromatic heterocycles. The third kappa shape index (κ3) is 8.75. The summed E-state index contributed by atoms with van der Waals surface area (Å²) in [5, 5.41) is 6.85. The highest BCUT2D eigenvalue weighted by Gasteiger charge is 2.13. The van der Waals surface area contributed by atoms with Gasteiger partial charge in [-0.1, -0.05) is 29.8 Å². The summed E-state index contributed by atoms with van der Waals surface area (Å²) in [5.74, 6) is -0.109. The topological polar surface area (TPSA) is 79.8 Å². The fourth-order valence-corrected chi connectivity index (χ4v) is 3.86. The standard InChI is InChI=1S/C20H25ClFN3O3S.HI/c1-23-20(25-12-19(28-2)14-5-4-6-17(21)9-14)24-11-16-10-18(22)8-7-15(16)13-29(3,26)27;/h4-10,19H,11-13H2,1-3H3,(H2,23,24,25);1H. The Morgan fingerprint density at radius 3 is 2.53 bits per heavy atom. The minimum atomic E-state index is -3.24. The molecule has 2 aromatic rings. The van der Waals surface area contributed by atoms with E-state index < -0.39 is 15.7 Å². The molecule has 6 nitrogen and oxygen atoms in total. The average Bonchev–Trinajstić information content (AvgIpc) is 2.65. The Balaban J connectivity index is 0.00000450. The maximum atomic E-state index is 13.7. The number of halogens is 3. The molecule has 0 aliphatic carbocycles. The molecule has 0 radical (unpaired) electrons. The molecule has 30 heavy (non-hydrogen) atoms. The first-order valence-corrected chi connectivity index (χ1v) is 11.3. The fourth-order valence-electron chi connectivity index (χ4n) is 2.82. The molecule has 1 atom stereocenters. The summed E-state index contributed by atoms with van der Waals surface area (Å²) in [4.78, 5) is 4.15. The van der Waals surface area contributed by atoms with Crippen molar-refractivity contribution in [3.63, 3.8) is 0 Å². The van der Waals surface area contributed by atoms with Gasteiger partial charge >= 0.3 is 0 Å². The molecule has 0 amide bonds. The quantitative estimate of drug-likeness (QED) is 0.288. The summed E-state index contributed by atoms with van der Waals surface area (Å²) >= 11 is 6.04. The highest BCUT2D eigenvalue weighted by molar-refractivity contribution is 14.0. The van der Waals surface area contributed by atoms with Crippen molar-refractivity contribution in [3.05, 3.63) is 70.0 Å². The molecule has 0 bridgehead atoms. The number of ether oxygens (including phenoxy) is 1. The number of nitrogens with zero attached hydrogens (tertiary/aromatic N) is 1. The number of guanidine groups is 1. The second kappa shape index (κ2) is 12.4. The van der Waals surface area contributed by atoms with Gasteiger partial charge in [0.2, 0.25) is 0 Å². The van der Waals surface area contributed by atoms with Gasteiger partial charge in [-0.25, -0.2) is 12.8 Å². The van der Waals surface area contributed by atoms with Gasteiger partial charge in [0.15, 0.2) is 15.8 Å². The molecule has 0 saturated heterocycles. The van der Waals surface area contributed by atoms with Gasteiger partial charge in [0.25, 0.3) is 0 Å². The Morgan fingerprint density at radius 2 is 1.93 bits per heavy atom. The summed E-state index contributed by atoms with van der Waals surface area (Å²) in [6, 6.07) is 11.5. The van der Waals surface area contributed by atoms with E-state index in [1.807, 2.05) is 18.2 Å². The van der Waals surface area contributed by atoms with E-state index in [1.54, 1.807) is 20.2 Å². The van der Waals surface area contributed by atoms with Crippen LogP contribution in [0.2, 0.25) is 5.02 Å². The van der Waals surface area contributed by atoms with Crippen molar-refractivity contribution in [3.8, 4) is 0 Å². The van der Waals surface area contributed by atoms with Crippen LogP contribution in [-0.4, -0.2) is 41.3 Å². The van der Waals surface area contributed by atoms with Crippen molar-refractivity contribution >= 4 is 51.4 Å². The van der Waals surface area contributed by atoms with Crippen molar-refractivity contribution in [2.75, 3.05) is 27.0 Å². The van der Waals surface area contributed by atoms with Crippen LogP contribution in [0.1, 0.15) is 22.8 Å². The number of hydrogen-bond donors (Lipinski definition) is 2. The first kappa shape index (κ1) is 26.6. The Morgan fingerprint density at radius 1 is 1.20 bits per heavy atom. The van der Waals surface area contributed by atoms with E-state index in [9.17, 15) is 12.8 Å². The lowest BCUT2D eigenvalue weighted by Crippen LogP contribution is -2.39. The zero-order chi connectivity index (χ0) is 21.4. The number of methoxy groups -OCH3 is 1. The first-order chi connectivity index (χ1) is 13.7. The van der Waals surface area contributed by atoms with Gasteiger partial charge < -0.3 is 15.4 Å². The summed E-state index contributed by atoms with van der Waals surface area (Å²) in [6.07, 6.45) is 0.900. The normalized spacial score (nSPS) is 12.8. The summed E-state index contributed by atoms with van der Waals surface area (Å²) in [6.45, 7) is 0.646. The summed E-state index contributed by atoms with van der Waals surface area (Å²) < 4.78 is 42.4. The van der Waals surface area contributed by atoms with E-state index in [-0.39, 0.29) is 42.4 Å². The van der Waals surface area contributed by atoms with Gasteiger partial charge in [0.1, 0.15) is 5.82 Å². The largest absolute Gasteiger partial charge is 0.375 e. The van der Waals surface area contributed by atoms with Crippen LogP contribution >= 0.6 is 35.6 Å². The maximum Gasteiger partial charge on any atom is 0.191 e. The van der Waals surface area contributed by atoms with Crippen LogP contribution in [-0.2, 0) is 26.9 Å². The zero-order valence-corrected chi connectivity index (χ0v) is 20.9. The van der Waals surface area contributed by atoms with E-state index >= 15 is 0 Å². The Kier molecular flexibility index (Phi) is 11.0. The molecule has 2 aromatic carbocycles. The van der Waals surface area contributed by atoms with E-state index in [0.29, 0.717) is 28.7 Å². The Bertz CT molecular complexity index is 974. The molecule has 0 saturated carbocycles. The molecule has 2 N–H and O–H groups in total. The van der Waals surface area contributed by atoms with E-state index in [0.717, 1.165) is 11.8 Å². The van der Waals surface area contributed by atoms with Crippen LogP contribution in [0.4, 0.5) is 4.39 Å².